The van der Waals surface area contributed by atoms with Crippen molar-refractivity contribution in [3.05, 3.63) is 47.8 Å². The summed E-state index contributed by atoms with van der Waals surface area (Å²) in [7, 11) is 1.67. The lowest BCUT2D eigenvalue weighted by Crippen LogP contribution is -2.41. The van der Waals surface area contributed by atoms with E-state index >= 15 is 0 Å². The molecule has 2 amide bonds. The number of hydrogen-bond acceptors (Lipinski definition) is 5. The second kappa shape index (κ2) is 7.14. The van der Waals surface area contributed by atoms with Crippen LogP contribution < -0.4 is 10.1 Å². The van der Waals surface area contributed by atoms with Gasteiger partial charge in [-0.3, -0.25) is 0 Å². The summed E-state index contributed by atoms with van der Waals surface area (Å²) in [5, 5.41) is 7.66. The number of carbonyl (C=O) groups is 1. The number of amides is 2. The molecule has 8 heteroatoms. The maximum absolute atomic E-state index is 12.3. The highest BCUT2D eigenvalue weighted by atomic mass is 16.5. The Balaban J connectivity index is 1.43. The van der Waals surface area contributed by atoms with Crippen LogP contribution in [0.4, 0.5) is 4.79 Å². The Bertz CT molecular complexity index is 1000. The fourth-order valence-corrected chi connectivity index (χ4v) is 3.27. The molecular formula is C19H21N5O3. The molecule has 3 aromatic rings. The number of benzene rings is 1. The van der Waals surface area contributed by atoms with Gasteiger partial charge in [-0.15, -0.1) is 0 Å². The van der Waals surface area contributed by atoms with Crippen LogP contribution >= 0.6 is 0 Å². The Morgan fingerprint density at radius 3 is 3.04 bits per heavy atom. The first-order valence-electron chi connectivity index (χ1n) is 8.80. The van der Waals surface area contributed by atoms with Crippen LogP contribution in [0.25, 0.3) is 16.5 Å². The standard InChI is InChI=1S/C19H21N5O3/c1-12-22-18(27-23-12)11-21-19(25)24-7-5-13(6-8-24)16-10-20-17-4-3-14(26-2)9-15(16)17/h3-5,9-10,20H,6-8,11H2,1-2H3,(H,21,25). The number of fused-ring (bicyclic) bond motifs is 1. The van der Waals surface area contributed by atoms with E-state index < -0.39 is 0 Å². The van der Waals surface area contributed by atoms with E-state index in [4.69, 9.17) is 9.26 Å². The molecule has 2 aromatic heterocycles. The average Bonchev–Trinajstić information content (AvgIpc) is 3.31. The highest BCUT2D eigenvalue weighted by molar-refractivity contribution is 5.94. The zero-order valence-corrected chi connectivity index (χ0v) is 15.3. The van der Waals surface area contributed by atoms with E-state index in [0.29, 0.717) is 24.8 Å². The summed E-state index contributed by atoms with van der Waals surface area (Å²) in [5.74, 6) is 1.79. The molecule has 0 aliphatic carbocycles. The van der Waals surface area contributed by atoms with Gasteiger partial charge in [0.05, 0.1) is 13.7 Å². The van der Waals surface area contributed by atoms with Crippen LogP contribution in [0.2, 0.25) is 0 Å². The van der Waals surface area contributed by atoms with Crippen molar-refractivity contribution in [1.82, 2.24) is 25.3 Å². The van der Waals surface area contributed by atoms with Gasteiger partial charge in [-0.25, -0.2) is 4.79 Å². The maximum Gasteiger partial charge on any atom is 0.318 e. The summed E-state index contributed by atoms with van der Waals surface area (Å²) in [6.07, 6.45) is 4.91. The van der Waals surface area contributed by atoms with Gasteiger partial charge in [-0.1, -0.05) is 11.2 Å². The molecule has 2 N–H and O–H groups in total. The summed E-state index contributed by atoms with van der Waals surface area (Å²) >= 11 is 0. The molecule has 27 heavy (non-hydrogen) atoms. The molecule has 140 valence electrons. The number of nitrogens with zero attached hydrogens (tertiary/aromatic N) is 3. The second-order valence-electron chi connectivity index (χ2n) is 6.43. The maximum atomic E-state index is 12.3. The summed E-state index contributed by atoms with van der Waals surface area (Å²) in [6.45, 7) is 3.18. The van der Waals surface area contributed by atoms with Gasteiger partial charge in [0.1, 0.15) is 5.75 Å². The molecule has 0 unspecified atom stereocenters. The van der Waals surface area contributed by atoms with Gasteiger partial charge in [0, 0.05) is 35.8 Å². The largest absolute Gasteiger partial charge is 0.497 e. The van der Waals surface area contributed by atoms with Crippen LogP contribution in [0.15, 0.2) is 35.0 Å². The van der Waals surface area contributed by atoms with Gasteiger partial charge in [0.15, 0.2) is 5.82 Å². The minimum atomic E-state index is -0.137. The van der Waals surface area contributed by atoms with Crippen molar-refractivity contribution in [3.8, 4) is 5.75 Å². The smallest absolute Gasteiger partial charge is 0.318 e. The topological polar surface area (TPSA) is 96.3 Å². The van der Waals surface area contributed by atoms with Gasteiger partial charge < -0.3 is 24.5 Å². The first kappa shape index (κ1) is 17.1. The van der Waals surface area contributed by atoms with Gasteiger partial charge in [0.2, 0.25) is 5.89 Å². The minimum absolute atomic E-state index is 0.137. The van der Waals surface area contributed by atoms with Crippen molar-refractivity contribution in [2.45, 2.75) is 19.9 Å². The first-order valence-corrected chi connectivity index (χ1v) is 8.80. The van der Waals surface area contributed by atoms with E-state index in [-0.39, 0.29) is 12.6 Å². The Morgan fingerprint density at radius 1 is 1.44 bits per heavy atom. The average molecular weight is 367 g/mol. The molecular weight excluding hydrogens is 346 g/mol. The SMILES string of the molecule is COc1ccc2[nH]cc(C3=CCN(C(=O)NCc4nc(C)no4)CC3)c2c1. The number of rotatable bonds is 4. The van der Waals surface area contributed by atoms with E-state index in [9.17, 15) is 4.79 Å². The number of aryl methyl sites for hydroxylation is 1. The summed E-state index contributed by atoms with van der Waals surface area (Å²) in [4.78, 5) is 21.5. The van der Waals surface area contributed by atoms with E-state index in [0.717, 1.165) is 28.6 Å². The second-order valence-corrected chi connectivity index (χ2v) is 6.43. The van der Waals surface area contributed by atoms with E-state index in [1.165, 1.54) is 5.57 Å². The number of H-pyrrole nitrogens is 1. The molecule has 3 heterocycles. The molecule has 0 atom stereocenters. The lowest BCUT2D eigenvalue weighted by molar-refractivity contribution is 0.201. The lowest BCUT2D eigenvalue weighted by atomic mass is 9.99. The van der Waals surface area contributed by atoms with Crippen molar-refractivity contribution in [2.24, 2.45) is 0 Å². The number of methoxy groups -OCH3 is 1. The molecule has 8 nitrogen and oxygen atoms in total. The Kier molecular flexibility index (Phi) is 4.53. The fraction of sp³-hybridized carbons (Fsp3) is 0.316. The van der Waals surface area contributed by atoms with Gasteiger partial charge in [-0.2, -0.15) is 4.98 Å². The number of aromatic nitrogens is 3. The van der Waals surface area contributed by atoms with E-state index in [2.05, 4.69) is 26.5 Å². The fourth-order valence-electron chi connectivity index (χ4n) is 3.27. The number of aromatic amines is 1. The van der Waals surface area contributed by atoms with Crippen molar-refractivity contribution < 1.29 is 14.1 Å². The Morgan fingerprint density at radius 2 is 2.33 bits per heavy atom. The number of hydrogen-bond donors (Lipinski definition) is 2. The third kappa shape index (κ3) is 3.51. The molecule has 1 aliphatic heterocycles. The minimum Gasteiger partial charge on any atom is -0.497 e. The number of nitrogens with one attached hydrogen (secondary N) is 2. The molecule has 0 fully saturated rings. The van der Waals surface area contributed by atoms with Crippen molar-refractivity contribution in [2.75, 3.05) is 20.2 Å². The van der Waals surface area contributed by atoms with Crippen LogP contribution in [0, 0.1) is 6.92 Å². The number of ether oxygens (including phenoxy) is 1. The Labute approximate surface area is 156 Å². The van der Waals surface area contributed by atoms with E-state index in [1.807, 2.05) is 24.4 Å². The number of carbonyl (C=O) groups excluding carboxylic acids is 1. The van der Waals surface area contributed by atoms with Crippen molar-refractivity contribution >= 4 is 22.5 Å². The predicted octanol–water partition coefficient (Wildman–Crippen LogP) is 2.87. The quantitative estimate of drug-likeness (QED) is 0.739. The van der Waals surface area contributed by atoms with Crippen molar-refractivity contribution in [1.29, 1.82) is 0 Å². The van der Waals surface area contributed by atoms with Crippen LogP contribution in [0.1, 0.15) is 23.7 Å². The third-order valence-electron chi connectivity index (χ3n) is 4.69. The summed E-state index contributed by atoms with van der Waals surface area (Å²) < 4.78 is 10.3. The summed E-state index contributed by atoms with van der Waals surface area (Å²) in [6, 6.07) is 5.85. The van der Waals surface area contributed by atoms with Gasteiger partial charge >= 0.3 is 6.03 Å². The van der Waals surface area contributed by atoms with Gasteiger partial charge in [0.25, 0.3) is 0 Å². The molecule has 0 bridgehead atoms. The van der Waals surface area contributed by atoms with Crippen LogP contribution in [-0.2, 0) is 6.54 Å². The number of urea groups is 1. The Hall–Kier alpha value is -3.29. The van der Waals surface area contributed by atoms with Crippen molar-refractivity contribution in [3.63, 3.8) is 0 Å². The zero-order valence-electron chi connectivity index (χ0n) is 15.3. The van der Waals surface area contributed by atoms with Gasteiger partial charge in [-0.05, 0) is 37.1 Å². The third-order valence-corrected chi connectivity index (χ3v) is 4.69. The van der Waals surface area contributed by atoms with Crippen LogP contribution in [-0.4, -0.2) is 46.3 Å². The molecule has 0 saturated heterocycles. The monoisotopic (exact) mass is 367 g/mol. The molecule has 1 aromatic carbocycles. The van der Waals surface area contributed by atoms with E-state index in [1.54, 1.807) is 18.9 Å². The molecule has 0 radical (unpaired) electrons. The predicted molar refractivity (Wildman–Crippen MR) is 100 cm³/mol. The molecule has 4 rings (SSSR count). The lowest BCUT2D eigenvalue weighted by Gasteiger charge is -2.26. The molecule has 0 saturated carbocycles. The first-order chi connectivity index (χ1) is 13.1. The normalized spacial score (nSPS) is 14.3. The van der Waals surface area contributed by atoms with Crippen LogP contribution in [0.3, 0.4) is 0 Å². The molecule has 0 spiro atoms. The highest BCUT2D eigenvalue weighted by Gasteiger charge is 2.20. The highest BCUT2D eigenvalue weighted by Crippen LogP contribution is 2.31. The molecule has 1 aliphatic rings. The zero-order chi connectivity index (χ0) is 18.8. The summed E-state index contributed by atoms with van der Waals surface area (Å²) in [5.41, 5.74) is 3.46. The van der Waals surface area contributed by atoms with Crippen LogP contribution in [0.5, 0.6) is 5.75 Å².